The van der Waals surface area contributed by atoms with Crippen LogP contribution in [0, 0.1) is 39.5 Å². The van der Waals surface area contributed by atoms with Gasteiger partial charge >= 0.3 is 36.9 Å². The molecule has 4 aromatic carbocycles. The molecule has 2 heterocycles. The van der Waals surface area contributed by atoms with Crippen molar-refractivity contribution in [2.75, 3.05) is 0 Å². The smallest absolute Gasteiger partial charge is 0.493 e. The molecule has 0 amide bonds. The van der Waals surface area contributed by atoms with Gasteiger partial charge in [-0.15, -0.1) is 0 Å². The summed E-state index contributed by atoms with van der Waals surface area (Å²) in [4.78, 5) is 0. The molecule has 684 valence electrons. The van der Waals surface area contributed by atoms with E-state index in [0.717, 1.165) is 128 Å². The first-order valence-corrected chi connectivity index (χ1v) is 50.8. The summed E-state index contributed by atoms with van der Waals surface area (Å²) in [7, 11) is 0. The molecule has 120 heavy (non-hydrogen) atoms. The molecule has 0 aromatic heterocycles. The zero-order chi connectivity index (χ0) is 86.4. The monoisotopic (exact) mass is 1780 g/mol. The molecule has 0 radical (unpaired) electrons. The first kappa shape index (κ1) is 118. The first-order valence-electron chi connectivity index (χ1n) is 50.8. The Labute approximate surface area is 771 Å². The van der Waals surface area contributed by atoms with E-state index in [0.29, 0.717) is 0 Å². The van der Waals surface area contributed by atoms with Crippen LogP contribution in [-0.4, -0.2) is 9.39 Å². The number of nitrogens with zero attached hydrogens (tertiary/aromatic N) is 4. The second kappa shape index (κ2) is 85.5. The molecule has 0 fully saturated rings. The standard InChI is InChI=1S/C43H62N2.C35H50N2.2C16H33.2C2H5.Ni.Pd/c1-5-9-13-15-17-18-19-21-23-27-41-40(26-22-20-16-14-10-6-2)42(38-32-28-36(29-33-38)24-11-7-3)45(44)43(41)39-34-30-37(31-35-39)25-12-8-4;1-5-8-11-14-17-29-20-24-31(25-21-29)34-28(4)33(19-16-13-10-7-3)35(37(34)36)32-26-22-30(23-27-32)18-15-12-9-6-2;2*1-3-5-7-9-11-13-15-16-14-12-10-8-6-4-2;2*1-2;;/h28-35H,5-22,24-26H2,1-4H3;20-27H,5-19H2,1-4H3;2*1,3-16H2,2H3;2*1H2,2H3;;/q;;4*-1;2*+2. The minimum Gasteiger partial charge on any atom is -0.493 e. The molecule has 4 aromatic rings. The predicted octanol–water partition coefficient (Wildman–Crippen LogP) is 38.8. The molecular formula is C114H188N4NiPd. The molecule has 4 nitrogen and oxygen atoms in total. The van der Waals surface area contributed by atoms with Crippen molar-refractivity contribution in [3.8, 4) is 11.8 Å². The Morgan fingerprint density at radius 3 is 0.750 bits per heavy atom. The predicted molar refractivity (Wildman–Crippen MR) is 530 cm³/mol. The Kier molecular flexibility index (Phi) is 84.0. The molecular weight excluding hydrogens is 1590 g/mol. The minimum atomic E-state index is 0. The number of unbranched alkanes of at least 4 members (excludes halogenated alkanes) is 49. The Hall–Kier alpha value is -4.24. The summed E-state index contributed by atoms with van der Waals surface area (Å²) in [5.41, 5.74) is 41.9. The second-order valence-corrected chi connectivity index (χ2v) is 34.3. The fraction of sp³-hybridized carbons (Fsp3) is 0.667. The van der Waals surface area contributed by atoms with E-state index >= 15 is 0 Å². The van der Waals surface area contributed by atoms with Crippen molar-refractivity contribution < 1.29 is 46.3 Å². The third-order valence-electron chi connectivity index (χ3n) is 23.8. The van der Waals surface area contributed by atoms with Gasteiger partial charge in [0, 0.05) is 45.4 Å². The van der Waals surface area contributed by atoms with Crippen LogP contribution in [0.2, 0.25) is 0 Å². The van der Waals surface area contributed by atoms with Crippen molar-refractivity contribution in [1.82, 2.24) is 0 Å². The molecule has 6 rings (SSSR count). The molecule has 0 aliphatic carbocycles. The van der Waals surface area contributed by atoms with Crippen molar-refractivity contribution >= 4 is 22.8 Å². The van der Waals surface area contributed by atoms with Gasteiger partial charge in [-0.3, -0.25) is 0 Å². The minimum absolute atomic E-state index is 0. The first-order chi connectivity index (χ1) is 58.1. The molecule has 2 aliphatic rings. The number of allylic oxidation sites excluding steroid dienone is 4. The molecule has 0 spiro atoms. The molecule has 0 N–H and O–H groups in total. The largest absolute Gasteiger partial charge is 2.00 e. The van der Waals surface area contributed by atoms with E-state index < -0.39 is 0 Å². The van der Waals surface area contributed by atoms with Crippen LogP contribution in [0.15, 0.2) is 119 Å². The fourth-order valence-electron chi connectivity index (χ4n) is 16.3. The van der Waals surface area contributed by atoms with Crippen LogP contribution in [0.5, 0.6) is 0 Å². The van der Waals surface area contributed by atoms with Crippen LogP contribution in [0.1, 0.15) is 513 Å². The SMILES string of the molecule is CCCCCCC1=C(c2ccc(CCCCCC)cc2)[N+](=[N-])C(c2ccc(CCCCCC)cc2)=C1C.CCCCCCCCCC#CC1=C(c2ccc(CCCC)cc2)[N+](=[N-])C(c2ccc(CCCC)cc2)=C1CCCCCCCC.[CH2-]C.[CH2-]C.[CH2-]CCCCCCCCCCCCCCC.[CH2-]CCCCCCCCCCCCCCC.[Ni+2].[Pd+2]. The Balaban J connectivity index is 0. The Bertz CT molecular complexity index is 3150. The molecule has 0 atom stereocenters. The fourth-order valence-corrected chi connectivity index (χ4v) is 16.3. The van der Waals surface area contributed by atoms with E-state index in [1.54, 1.807) is 13.8 Å². The number of aryl methyl sites for hydroxylation is 4. The number of benzene rings is 4. The van der Waals surface area contributed by atoms with Gasteiger partial charge in [-0.2, -0.15) is 26.7 Å². The molecule has 0 unspecified atom stereocenters. The normalized spacial score (nSPS) is 12.2. The summed E-state index contributed by atoms with van der Waals surface area (Å²) in [5, 5.41) is 0. The third-order valence-corrected chi connectivity index (χ3v) is 23.8. The summed E-state index contributed by atoms with van der Waals surface area (Å²) >= 11 is 0. The van der Waals surface area contributed by atoms with E-state index in [1.807, 2.05) is 0 Å². The third kappa shape index (κ3) is 54.6. The second-order valence-electron chi connectivity index (χ2n) is 34.3. The topological polar surface area (TPSA) is 50.6 Å². The zero-order valence-corrected chi connectivity index (χ0v) is 83.3. The average molecular weight is 1780 g/mol. The summed E-state index contributed by atoms with van der Waals surface area (Å²) in [6.07, 6.45) is 83.6. The van der Waals surface area contributed by atoms with E-state index in [1.165, 1.54) is 382 Å². The van der Waals surface area contributed by atoms with Crippen molar-refractivity contribution in [2.24, 2.45) is 0 Å². The van der Waals surface area contributed by atoms with Crippen LogP contribution in [-0.2, 0) is 62.6 Å². The maximum atomic E-state index is 12.0. The van der Waals surface area contributed by atoms with Gasteiger partial charge in [0.15, 0.2) is 0 Å². The van der Waals surface area contributed by atoms with Gasteiger partial charge in [0.2, 0.25) is 22.8 Å². The number of rotatable bonds is 65. The van der Waals surface area contributed by atoms with E-state index in [9.17, 15) is 11.1 Å². The Morgan fingerprint density at radius 2 is 0.458 bits per heavy atom. The van der Waals surface area contributed by atoms with Gasteiger partial charge in [-0.05, 0) is 161 Å². The van der Waals surface area contributed by atoms with Crippen LogP contribution >= 0.6 is 0 Å². The van der Waals surface area contributed by atoms with E-state index in [2.05, 4.69) is 206 Å². The van der Waals surface area contributed by atoms with E-state index in [4.69, 9.17) is 0 Å². The molecule has 2 aliphatic heterocycles. The summed E-state index contributed by atoms with van der Waals surface area (Å²) < 4.78 is 2.96. The maximum Gasteiger partial charge on any atom is 2.00 e. The number of hydrogen-bond donors (Lipinski definition) is 0. The van der Waals surface area contributed by atoms with Crippen LogP contribution in [0.25, 0.3) is 33.9 Å². The summed E-state index contributed by atoms with van der Waals surface area (Å²) in [6, 6.07) is 35.7. The zero-order valence-electron chi connectivity index (χ0n) is 80.7. The van der Waals surface area contributed by atoms with Gasteiger partial charge in [0.05, 0.1) is 0 Å². The molecule has 0 bridgehead atoms. The van der Waals surface area contributed by atoms with Crippen molar-refractivity contribution in [3.63, 3.8) is 0 Å². The Morgan fingerprint density at radius 1 is 0.250 bits per heavy atom. The number of hydrogen-bond acceptors (Lipinski definition) is 0. The van der Waals surface area contributed by atoms with Crippen LogP contribution < -0.4 is 0 Å². The van der Waals surface area contributed by atoms with Crippen molar-refractivity contribution in [2.45, 2.75) is 494 Å². The summed E-state index contributed by atoms with van der Waals surface area (Å²) in [5.74, 6) is 7.20. The van der Waals surface area contributed by atoms with Gasteiger partial charge in [-0.1, -0.05) is 431 Å². The quantitative estimate of drug-likeness (QED) is 0.0139. The van der Waals surface area contributed by atoms with Gasteiger partial charge in [0.25, 0.3) is 0 Å². The van der Waals surface area contributed by atoms with Crippen LogP contribution in [0.4, 0.5) is 0 Å². The molecule has 0 saturated heterocycles. The van der Waals surface area contributed by atoms with Gasteiger partial charge < -0.3 is 38.8 Å². The van der Waals surface area contributed by atoms with Crippen molar-refractivity contribution in [1.29, 1.82) is 0 Å². The summed E-state index contributed by atoms with van der Waals surface area (Å²) in [6.45, 7) is 40.3. The maximum absolute atomic E-state index is 12.0. The van der Waals surface area contributed by atoms with Crippen LogP contribution in [0.3, 0.4) is 0 Å². The molecule has 0 saturated carbocycles. The molecule has 6 heteroatoms. The van der Waals surface area contributed by atoms with Crippen molar-refractivity contribution in [3.05, 3.63) is 203 Å². The van der Waals surface area contributed by atoms with Gasteiger partial charge in [0.1, 0.15) is 5.57 Å². The average Bonchev–Trinajstić information content (AvgIpc) is 1.62. The van der Waals surface area contributed by atoms with Gasteiger partial charge in [-0.25, -0.2) is 9.39 Å². The van der Waals surface area contributed by atoms with E-state index in [-0.39, 0.29) is 36.9 Å².